The molecule has 0 radical (unpaired) electrons. The highest BCUT2D eigenvalue weighted by Gasteiger charge is 3.25. The minimum Gasteiger partial charge on any atom is -0.170 e. The Morgan fingerprint density at radius 3 is 0.333 bits per heavy atom. The van der Waals surface area contributed by atoms with E-state index in [2.05, 4.69) is 0 Å². The van der Waals surface area contributed by atoms with Crippen LogP contribution in [-0.2, 0) is 0 Å². The standard InChI is InChI=1S/C9F18/c10-4(11,12)1(5(13,14)15)2(6(16,17)18,7(19,20)21)3(1,8(22,23)24)9(25,26)27. The maximum absolute atomic E-state index is 12.8. The molecule has 18 heteroatoms. The highest BCUT2D eigenvalue weighted by molar-refractivity contribution is 5.44. The number of hydrogen-bond acceptors (Lipinski definition) is 0. The summed E-state index contributed by atoms with van der Waals surface area (Å²) in [5.74, 6) is 0. The van der Waals surface area contributed by atoms with E-state index in [1.807, 2.05) is 0 Å². The van der Waals surface area contributed by atoms with Crippen LogP contribution >= 0.6 is 0 Å². The normalized spacial score (nSPS) is 23.3. The molecule has 162 valence electrons. The van der Waals surface area contributed by atoms with Gasteiger partial charge in [0, 0.05) is 0 Å². The molecule has 1 rings (SSSR count). The van der Waals surface area contributed by atoms with Gasteiger partial charge in [0.1, 0.15) is 0 Å². The van der Waals surface area contributed by atoms with E-state index in [0.717, 1.165) is 0 Å². The van der Waals surface area contributed by atoms with Gasteiger partial charge in [-0.2, -0.15) is 79.0 Å². The number of halogens is 18. The first-order valence-corrected chi connectivity index (χ1v) is 5.65. The van der Waals surface area contributed by atoms with Crippen molar-refractivity contribution < 1.29 is 79.0 Å². The molecule has 0 aromatic rings. The molecule has 1 saturated carbocycles. The van der Waals surface area contributed by atoms with E-state index < -0.39 is 53.3 Å². The first-order chi connectivity index (χ1) is 11.2. The summed E-state index contributed by atoms with van der Waals surface area (Å²) < 4.78 is 230. The van der Waals surface area contributed by atoms with E-state index in [-0.39, 0.29) is 0 Å². The first kappa shape index (κ1) is 23.8. The lowest BCUT2D eigenvalue weighted by Crippen LogP contribution is -2.53. The second-order valence-corrected chi connectivity index (χ2v) is 5.24. The summed E-state index contributed by atoms with van der Waals surface area (Å²) in [6.07, 6.45) is -49.9. The third-order valence-electron chi connectivity index (χ3n) is 4.18. The number of rotatable bonds is 0. The fourth-order valence-corrected chi connectivity index (χ4v) is 3.60. The summed E-state index contributed by atoms with van der Waals surface area (Å²) >= 11 is 0. The molecule has 0 aromatic heterocycles. The zero-order chi connectivity index (χ0) is 22.5. The monoisotopic (exact) mass is 450 g/mol. The van der Waals surface area contributed by atoms with Crippen LogP contribution in [0.3, 0.4) is 0 Å². The van der Waals surface area contributed by atoms with E-state index >= 15 is 0 Å². The predicted molar refractivity (Wildman–Crippen MR) is 43.6 cm³/mol. The molecular formula is C9F18. The predicted octanol–water partition coefficient (Wildman–Crippen LogP) is 6.33. The Morgan fingerprint density at radius 2 is 0.296 bits per heavy atom. The summed E-state index contributed by atoms with van der Waals surface area (Å²) in [5.41, 5.74) is -24.9. The van der Waals surface area contributed by atoms with Crippen molar-refractivity contribution in [2.75, 3.05) is 0 Å². The Kier molecular flexibility index (Phi) is 4.41. The van der Waals surface area contributed by atoms with Crippen LogP contribution in [0.25, 0.3) is 0 Å². The van der Waals surface area contributed by atoms with Crippen molar-refractivity contribution in [1.82, 2.24) is 0 Å². The molecular weight excluding hydrogens is 450 g/mol. The van der Waals surface area contributed by atoms with Gasteiger partial charge < -0.3 is 0 Å². The van der Waals surface area contributed by atoms with Gasteiger partial charge in [-0.15, -0.1) is 0 Å². The maximum Gasteiger partial charge on any atom is 0.405 e. The van der Waals surface area contributed by atoms with Crippen molar-refractivity contribution in [2.24, 2.45) is 16.2 Å². The Bertz CT molecular complexity index is 444. The average molecular weight is 450 g/mol. The SMILES string of the molecule is FC(F)(F)C1(C(F)(F)F)C(C(F)(F)F)(C(F)(F)F)C1(C(F)(F)F)C(F)(F)F. The van der Waals surface area contributed by atoms with Gasteiger partial charge in [-0.05, 0) is 0 Å². The van der Waals surface area contributed by atoms with Crippen LogP contribution in [0.1, 0.15) is 0 Å². The fraction of sp³-hybridized carbons (Fsp3) is 1.00. The molecule has 0 unspecified atom stereocenters. The molecule has 0 nitrogen and oxygen atoms in total. The summed E-state index contributed by atoms with van der Waals surface area (Å²) in [6.45, 7) is 0. The lowest BCUT2D eigenvalue weighted by Gasteiger charge is -2.31. The van der Waals surface area contributed by atoms with Gasteiger partial charge in [0.2, 0.25) is 16.2 Å². The fourth-order valence-electron chi connectivity index (χ4n) is 3.60. The summed E-state index contributed by atoms with van der Waals surface area (Å²) in [5, 5.41) is 0. The molecule has 0 amide bonds. The molecule has 0 spiro atoms. The quantitative estimate of drug-likeness (QED) is 0.379. The van der Waals surface area contributed by atoms with E-state index in [1.54, 1.807) is 0 Å². The lowest BCUT2D eigenvalue weighted by molar-refractivity contribution is -0.381. The van der Waals surface area contributed by atoms with Gasteiger partial charge in [0.25, 0.3) is 0 Å². The molecule has 1 fully saturated rings. The van der Waals surface area contributed by atoms with Crippen molar-refractivity contribution in [3.63, 3.8) is 0 Å². The zero-order valence-corrected chi connectivity index (χ0v) is 11.3. The van der Waals surface area contributed by atoms with E-state index in [4.69, 9.17) is 0 Å². The van der Waals surface area contributed by atoms with Crippen molar-refractivity contribution in [2.45, 2.75) is 37.1 Å². The second kappa shape index (κ2) is 5.01. The van der Waals surface area contributed by atoms with Crippen molar-refractivity contribution >= 4 is 0 Å². The molecule has 1 aliphatic rings. The molecule has 0 atom stereocenters. The molecule has 0 aliphatic heterocycles. The zero-order valence-electron chi connectivity index (χ0n) is 11.3. The Labute approximate surface area is 134 Å². The molecule has 1 aliphatic carbocycles. The second-order valence-electron chi connectivity index (χ2n) is 5.24. The van der Waals surface area contributed by atoms with Crippen LogP contribution in [0, 0.1) is 16.2 Å². The molecule has 0 saturated heterocycles. The summed E-state index contributed by atoms with van der Waals surface area (Å²) in [4.78, 5) is 0. The molecule has 0 N–H and O–H groups in total. The first-order valence-electron chi connectivity index (χ1n) is 5.65. The lowest BCUT2D eigenvalue weighted by atomic mass is 9.89. The van der Waals surface area contributed by atoms with Gasteiger partial charge >= 0.3 is 37.1 Å². The minimum atomic E-state index is -8.32. The third-order valence-corrected chi connectivity index (χ3v) is 4.18. The highest BCUT2D eigenvalue weighted by atomic mass is 19.4. The third kappa shape index (κ3) is 2.12. The van der Waals surface area contributed by atoms with Crippen molar-refractivity contribution in [1.29, 1.82) is 0 Å². The number of hydrogen-bond donors (Lipinski definition) is 0. The largest absolute Gasteiger partial charge is 0.405 e. The van der Waals surface area contributed by atoms with E-state index in [9.17, 15) is 79.0 Å². The maximum atomic E-state index is 12.8. The number of alkyl halides is 18. The van der Waals surface area contributed by atoms with Crippen LogP contribution in [0.5, 0.6) is 0 Å². The van der Waals surface area contributed by atoms with Gasteiger partial charge in [0.05, 0.1) is 0 Å². The molecule has 0 heterocycles. The van der Waals surface area contributed by atoms with Crippen molar-refractivity contribution in [3.05, 3.63) is 0 Å². The Morgan fingerprint density at radius 1 is 0.222 bits per heavy atom. The topological polar surface area (TPSA) is 0 Å². The van der Waals surface area contributed by atoms with Crippen LogP contribution < -0.4 is 0 Å². The van der Waals surface area contributed by atoms with Crippen LogP contribution in [0.15, 0.2) is 0 Å². The minimum absolute atomic E-state index is 8.31. The molecule has 27 heavy (non-hydrogen) atoms. The van der Waals surface area contributed by atoms with E-state index in [0.29, 0.717) is 0 Å². The van der Waals surface area contributed by atoms with Crippen molar-refractivity contribution in [3.8, 4) is 0 Å². The smallest absolute Gasteiger partial charge is 0.170 e. The molecule has 0 bridgehead atoms. The van der Waals surface area contributed by atoms with Crippen LogP contribution in [-0.4, -0.2) is 37.1 Å². The summed E-state index contributed by atoms with van der Waals surface area (Å²) in [6, 6.07) is 0. The van der Waals surface area contributed by atoms with Crippen LogP contribution in [0.2, 0.25) is 0 Å². The average Bonchev–Trinajstić information content (AvgIpc) is 2.86. The molecule has 0 aromatic carbocycles. The van der Waals surface area contributed by atoms with E-state index in [1.165, 1.54) is 0 Å². The van der Waals surface area contributed by atoms with Gasteiger partial charge in [-0.3, -0.25) is 0 Å². The van der Waals surface area contributed by atoms with Gasteiger partial charge in [0.15, 0.2) is 0 Å². The Balaban J connectivity index is 4.53. The van der Waals surface area contributed by atoms with Gasteiger partial charge in [-0.25, -0.2) is 0 Å². The Hall–Kier alpha value is -1.26. The highest BCUT2D eigenvalue weighted by Crippen LogP contribution is 3.00. The van der Waals surface area contributed by atoms with Crippen LogP contribution in [0.4, 0.5) is 79.0 Å². The summed E-state index contributed by atoms with van der Waals surface area (Å²) in [7, 11) is 0. The van der Waals surface area contributed by atoms with Gasteiger partial charge in [-0.1, -0.05) is 0 Å².